The number of para-hydroxylation sites is 1. The number of esters is 1. The lowest BCUT2D eigenvalue weighted by Crippen LogP contribution is -2.35. The zero-order chi connectivity index (χ0) is 18.5. The number of amides is 1. The Balaban J connectivity index is 1.65. The molecule has 0 radical (unpaired) electrons. The molecule has 0 aliphatic heterocycles. The number of fused-ring (bicyclic) bond motifs is 1. The van der Waals surface area contributed by atoms with Crippen LogP contribution in [0, 0.1) is 0 Å². The Labute approximate surface area is 156 Å². The third kappa shape index (κ3) is 4.00. The number of benzene rings is 2. The maximum Gasteiger partial charge on any atom is 0.341 e. The highest BCUT2D eigenvalue weighted by molar-refractivity contribution is 6.31. The molecule has 6 heteroatoms. The molecule has 3 rings (SSSR count). The van der Waals surface area contributed by atoms with Crippen molar-refractivity contribution in [2.24, 2.45) is 0 Å². The number of ether oxygens (including phenoxy) is 1. The highest BCUT2D eigenvalue weighted by Crippen LogP contribution is 2.18. The van der Waals surface area contributed by atoms with Gasteiger partial charge in [-0.1, -0.05) is 48.0 Å². The molecule has 1 N–H and O–H groups in total. The molecule has 1 atom stereocenters. The number of pyridine rings is 1. The van der Waals surface area contributed by atoms with E-state index in [1.54, 1.807) is 30.5 Å². The summed E-state index contributed by atoms with van der Waals surface area (Å²) in [5, 5.41) is 4.12. The van der Waals surface area contributed by atoms with Gasteiger partial charge in [-0.15, -0.1) is 0 Å². The van der Waals surface area contributed by atoms with Crippen molar-refractivity contribution in [2.45, 2.75) is 19.6 Å². The van der Waals surface area contributed by atoms with E-state index in [-0.39, 0.29) is 6.54 Å². The fourth-order valence-electron chi connectivity index (χ4n) is 2.51. The Hall–Kier alpha value is -2.92. The number of carbonyl (C=O) groups is 2. The number of rotatable bonds is 5. The normalized spacial score (nSPS) is 11.8. The number of nitrogens with zero attached hydrogens (tertiary/aromatic N) is 1. The molecule has 132 valence electrons. The molecule has 0 spiro atoms. The lowest BCUT2D eigenvalue weighted by atomic mass is 10.1. The van der Waals surface area contributed by atoms with Gasteiger partial charge in [0, 0.05) is 23.2 Å². The van der Waals surface area contributed by atoms with E-state index in [0.29, 0.717) is 16.1 Å². The lowest BCUT2D eigenvalue weighted by Gasteiger charge is -2.14. The SMILES string of the molecule is C[C@H](OC(=O)c1cccc2cccnc12)C(=O)NCc1ccccc1Cl. The Morgan fingerprint density at radius 1 is 1.12 bits per heavy atom. The van der Waals surface area contributed by atoms with Gasteiger partial charge in [0.2, 0.25) is 0 Å². The fourth-order valence-corrected chi connectivity index (χ4v) is 2.72. The summed E-state index contributed by atoms with van der Waals surface area (Å²) in [7, 11) is 0. The van der Waals surface area contributed by atoms with E-state index in [2.05, 4.69) is 10.3 Å². The molecule has 26 heavy (non-hydrogen) atoms. The zero-order valence-corrected chi connectivity index (χ0v) is 14.9. The van der Waals surface area contributed by atoms with Gasteiger partial charge in [0.05, 0.1) is 11.1 Å². The standard InChI is InChI=1S/C20H17ClN2O3/c1-13(19(24)23-12-15-6-2-3-10-17(15)21)26-20(25)16-9-4-7-14-8-5-11-22-18(14)16/h2-11,13H,12H2,1H3,(H,23,24)/t13-/m0/s1. The van der Waals surface area contributed by atoms with E-state index in [0.717, 1.165) is 10.9 Å². The van der Waals surface area contributed by atoms with E-state index in [1.807, 2.05) is 30.3 Å². The third-order valence-corrected chi connectivity index (χ3v) is 4.29. The minimum atomic E-state index is -0.941. The van der Waals surface area contributed by atoms with Gasteiger partial charge in [0.15, 0.2) is 6.10 Å². The summed E-state index contributed by atoms with van der Waals surface area (Å²) in [6, 6.07) is 16.1. The van der Waals surface area contributed by atoms with Crippen LogP contribution >= 0.6 is 11.6 Å². The number of halogens is 1. The van der Waals surface area contributed by atoms with Crippen molar-refractivity contribution < 1.29 is 14.3 Å². The highest BCUT2D eigenvalue weighted by atomic mass is 35.5. The van der Waals surface area contributed by atoms with Crippen molar-refractivity contribution in [3.8, 4) is 0 Å². The summed E-state index contributed by atoms with van der Waals surface area (Å²) in [6.45, 7) is 1.79. The van der Waals surface area contributed by atoms with Gasteiger partial charge < -0.3 is 10.1 Å². The van der Waals surface area contributed by atoms with Crippen molar-refractivity contribution in [1.29, 1.82) is 0 Å². The van der Waals surface area contributed by atoms with Crippen LogP contribution in [0.3, 0.4) is 0 Å². The molecule has 0 bridgehead atoms. The first-order valence-electron chi connectivity index (χ1n) is 8.12. The van der Waals surface area contributed by atoms with Crippen LogP contribution in [0.15, 0.2) is 60.8 Å². The van der Waals surface area contributed by atoms with Gasteiger partial charge in [0.25, 0.3) is 5.91 Å². The van der Waals surface area contributed by atoms with Crippen LogP contribution in [-0.2, 0) is 16.1 Å². The Morgan fingerprint density at radius 3 is 2.69 bits per heavy atom. The Bertz CT molecular complexity index is 953. The molecular formula is C20H17ClN2O3. The molecule has 0 unspecified atom stereocenters. The highest BCUT2D eigenvalue weighted by Gasteiger charge is 2.20. The van der Waals surface area contributed by atoms with Crippen molar-refractivity contribution in [3.05, 3.63) is 76.9 Å². The second-order valence-corrected chi connectivity index (χ2v) is 6.14. The number of nitrogens with one attached hydrogen (secondary N) is 1. The molecule has 2 aromatic carbocycles. The molecule has 0 saturated heterocycles. The van der Waals surface area contributed by atoms with Crippen molar-refractivity contribution in [3.63, 3.8) is 0 Å². The van der Waals surface area contributed by atoms with Crippen molar-refractivity contribution in [1.82, 2.24) is 10.3 Å². The quantitative estimate of drug-likeness (QED) is 0.696. The molecule has 0 fully saturated rings. The van der Waals surface area contributed by atoms with Gasteiger partial charge in [-0.05, 0) is 30.7 Å². The molecular weight excluding hydrogens is 352 g/mol. The van der Waals surface area contributed by atoms with Crippen LogP contribution in [-0.4, -0.2) is 23.0 Å². The summed E-state index contributed by atoms with van der Waals surface area (Å²) in [5.41, 5.74) is 1.66. The largest absolute Gasteiger partial charge is 0.449 e. The molecule has 5 nitrogen and oxygen atoms in total. The third-order valence-electron chi connectivity index (χ3n) is 3.92. The van der Waals surface area contributed by atoms with Gasteiger partial charge in [0.1, 0.15) is 0 Å². The van der Waals surface area contributed by atoms with Crippen LogP contribution in [0.2, 0.25) is 5.02 Å². The number of carbonyl (C=O) groups excluding carboxylic acids is 2. The minimum absolute atomic E-state index is 0.260. The molecule has 1 aromatic heterocycles. The maximum atomic E-state index is 12.4. The lowest BCUT2D eigenvalue weighted by molar-refractivity contribution is -0.129. The molecule has 0 saturated carbocycles. The van der Waals surface area contributed by atoms with Gasteiger partial charge in [-0.3, -0.25) is 9.78 Å². The second-order valence-electron chi connectivity index (χ2n) is 5.74. The molecule has 3 aromatic rings. The summed E-state index contributed by atoms with van der Waals surface area (Å²) < 4.78 is 5.30. The molecule has 1 amide bonds. The number of hydrogen-bond donors (Lipinski definition) is 1. The van der Waals surface area contributed by atoms with Gasteiger partial charge in [-0.2, -0.15) is 0 Å². The zero-order valence-electron chi connectivity index (χ0n) is 14.1. The monoisotopic (exact) mass is 368 g/mol. The minimum Gasteiger partial charge on any atom is -0.449 e. The second kappa shape index (κ2) is 7.97. The van der Waals surface area contributed by atoms with Crippen LogP contribution in [0.1, 0.15) is 22.8 Å². The predicted molar refractivity (Wildman–Crippen MR) is 99.9 cm³/mol. The Kier molecular flexibility index (Phi) is 5.49. The van der Waals surface area contributed by atoms with E-state index >= 15 is 0 Å². The molecule has 0 aliphatic rings. The number of hydrogen-bond acceptors (Lipinski definition) is 4. The maximum absolute atomic E-state index is 12.4. The van der Waals surface area contributed by atoms with Crippen LogP contribution < -0.4 is 5.32 Å². The van der Waals surface area contributed by atoms with Crippen molar-refractivity contribution in [2.75, 3.05) is 0 Å². The van der Waals surface area contributed by atoms with E-state index in [9.17, 15) is 9.59 Å². The fraction of sp³-hybridized carbons (Fsp3) is 0.150. The van der Waals surface area contributed by atoms with E-state index in [4.69, 9.17) is 16.3 Å². The van der Waals surface area contributed by atoms with Crippen molar-refractivity contribution >= 4 is 34.4 Å². The van der Waals surface area contributed by atoms with E-state index < -0.39 is 18.0 Å². The van der Waals surface area contributed by atoms with Crippen LogP contribution in [0.4, 0.5) is 0 Å². The Morgan fingerprint density at radius 2 is 1.88 bits per heavy atom. The van der Waals surface area contributed by atoms with Crippen LogP contribution in [0.5, 0.6) is 0 Å². The molecule has 0 aliphatic carbocycles. The van der Waals surface area contributed by atoms with Crippen LogP contribution in [0.25, 0.3) is 10.9 Å². The summed E-state index contributed by atoms with van der Waals surface area (Å²) >= 11 is 6.06. The number of aromatic nitrogens is 1. The first-order valence-corrected chi connectivity index (χ1v) is 8.50. The summed E-state index contributed by atoms with van der Waals surface area (Å²) in [4.78, 5) is 28.9. The average molecular weight is 369 g/mol. The average Bonchev–Trinajstić information content (AvgIpc) is 2.66. The first kappa shape index (κ1) is 17.9. The summed E-state index contributed by atoms with van der Waals surface area (Å²) in [6.07, 6.45) is 0.669. The molecule has 1 heterocycles. The topological polar surface area (TPSA) is 68.3 Å². The first-order chi connectivity index (χ1) is 12.6. The van der Waals surface area contributed by atoms with Gasteiger partial charge >= 0.3 is 5.97 Å². The van der Waals surface area contributed by atoms with Gasteiger partial charge in [-0.25, -0.2) is 4.79 Å². The summed E-state index contributed by atoms with van der Waals surface area (Å²) in [5.74, 6) is -0.985. The van der Waals surface area contributed by atoms with E-state index in [1.165, 1.54) is 6.92 Å². The smallest absolute Gasteiger partial charge is 0.341 e. The predicted octanol–water partition coefficient (Wildman–Crippen LogP) is 3.75.